The van der Waals surface area contributed by atoms with Gasteiger partial charge in [0.15, 0.2) is 6.29 Å². The monoisotopic (exact) mass is 274 g/mol. The van der Waals surface area contributed by atoms with Gasteiger partial charge >= 0.3 is 0 Å². The number of hydrogen-bond acceptors (Lipinski definition) is 2. The lowest BCUT2D eigenvalue weighted by atomic mass is 10.00. The number of aryl methyl sites for hydroxylation is 2. The number of H-pyrrole nitrogens is 1. The van der Waals surface area contributed by atoms with Crippen molar-refractivity contribution < 1.29 is 4.79 Å². The summed E-state index contributed by atoms with van der Waals surface area (Å²) < 4.78 is 0. The van der Waals surface area contributed by atoms with Gasteiger partial charge in [-0.05, 0) is 37.6 Å². The molecule has 3 nitrogen and oxygen atoms in total. The van der Waals surface area contributed by atoms with E-state index in [9.17, 15) is 4.79 Å². The van der Waals surface area contributed by atoms with Crippen LogP contribution in [0, 0.1) is 25.2 Å². The molecule has 0 unspecified atom stereocenters. The zero-order valence-corrected chi connectivity index (χ0v) is 11.9. The van der Waals surface area contributed by atoms with Crippen molar-refractivity contribution in [3.63, 3.8) is 0 Å². The Morgan fingerprint density at radius 3 is 2.62 bits per heavy atom. The molecule has 0 saturated heterocycles. The fourth-order valence-electron chi connectivity index (χ4n) is 2.71. The highest BCUT2D eigenvalue weighted by Crippen LogP contribution is 2.31. The molecule has 1 N–H and O–H groups in total. The molecule has 0 radical (unpaired) electrons. The number of carbonyl (C=O) groups excluding carboxylic acids is 1. The molecular weight excluding hydrogens is 260 g/mol. The van der Waals surface area contributed by atoms with E-state index in [1.807, 2.05) is 32.0 Å². The van der Waals surface area contributed by atoms with E-state index in [1.165, 1.54) is 5.56 Å². The first-order valence-corrected chi connectivity index (χ1v) is 6.72. The second-order valence-corrected chi connectivity index (χ2v) is 5.22. The highest BCUT2D eigenvalue weighted by Gasteiger charge is 2.14. The predicted octanol–water partition coefficient (Wildman–Crippen LogP) is 4.14. The Labute approximate surface area is 122 Å². The molecule has 1 heterocycles. The quantitative estimate of drug-likeness (QED) is 0.714. The van der Waals surface area contributed by atoms with Gasteiger partial charge in [0.05, 0.1) is 17.3 Å². The largest absolute Gasteiger partial charge is 0.354 e. The van der Waals surface area contributed by atoms with Crippen molar-refractivity contribution in [3.05, 3.63) is 58.7 Å². The van der Waals surface area contributed by atoms with Gasteiger partial charge in [0, 0.05) is 22.0 Å². The standard InChI is InChI=1S/C18H14N2O/c1-11-3-5-14(12(2)7-11)18-16(10-21)15-8-13(9-19)4-6-17(15)20-18/h3-8,10,20H,1-2H3. The number of hydrogen-bond donors (Lipinski definition) is 1. The Morgan fingerprint density at radius 1 is 1.14 bits per heavy atom. The van der Waals surface area contributed by atoms with Gasteiger partial charge in [-0.25, -0.2) is 0 Å². The number of aromatic nitrogens is 1. The van der Waals surface area contributed by atoms with Crippen LogP contribution in [0.25, 0.3) is 22.2 Å². The van der Waals surface area contributed by atoms with Crippen molar-refractivity contribution in [1.82, 2.24) is 4.98 Å². The van der Waals surface area contributed by atoms with Gasteiger partial charge in [-0.15, -0.1) is 0 Å². The summed E-state index contributed by atoms with van der Waals surface area (Å²) in [6.07, 6.45) is 0.856. The number of nitrogens with zero attached hydrogens (tertiary/aromatic N) is 1. The van der Waals surface area contributed by atoms with Crippen molar-refractivity contribution >= 4 is 17.2 Å². The molecule has 3 heteroatoms. The van der Waals surface area contributed by atoms with Crippen LogP contribution in [-0.2, 0) is 0 Å². The lowest BCUT2D eigenvalue weighted by Gasteiger charge is -2.06. The second-order valence-electron chi connectivity index (χ2n) is 5.22. The molecule has 0 spiro atoms. The summed E-state index contributed by atoms with van der Waals surface area (Å²) in [5.41, 5.74) is 6.15. The minimum Gasteiger partial charge on any atom is -0.354 e. The molecular formula is C18H14N2O. The third kappa shape index (κ3) is 2.11. The Hall–Kier alpha value is -2.86. The van der Waals surface area contributed by atoms with Crippen LogP contribution in [0.15, 0.2) is 36.4 Å². The number of aromatic amines is 1. The zero-order valence-electron chi connectivity index (χ0n) is 11.9. The summed E-state index contributed by atoms with van der Waals surface area (Å²) in [7, 11) is 0. The maximum Gasteiger partial charge on any atom is 0.152 e. The number of rotatable bonds is 2. The molecule has 0 aliphatic rings. The van der Waals surface area contributed by atoms with Crippen molar-refractivity contribution in [1.29, 1.82) is 5.26 Å². The molecule has 2 aromatic carbocycles. The Bertz CT molecular complexity index is 897. The third-order valence-electron chi connectivity index (χ3n) is 3.74. The molecule has 3 aromatic rings. The molecule has 0 bridgehead atoms. The molecule has 0 aliphatic carbocycles. The normalized spacial score (nSPS) is 10.5. The third-order valence-corrected chi connectivity index (χ3v) is 3.74. The van der Waals surface area contributed by atoms with E-state index in [1.54, 1.807) is 12.1 Å². The molecule has 102 valence electrons. The summed E-state index contributed by atoms with van der Waals surface area (Å²) >= 11 is 0. The van der Waals surface area contributed by atoms with Gasteiger partial charge in [-0.2, -0.15) is 5.26 Å². The number of nitrogens with one attached hydrogen (secondary N) is 1. The first-order chi connectivity index (χ1) is 10.1. The van der Waals surface area contributed by atoms with Gasteiger partial charge in [0.1, 0.15) is 0 Å². The van der Waals surface area contributed by atoms with E-state index in [2.05, 4.69) is 17.1 Å². The van der Waals surface area contributed by atoms with Crippen LogP contribution in [0.5, 0.6) is 0 Å². The van der Waals surface area contributed by atoms with Crippen LogP contribution >= 0.6 is 0 Å². The van der Waals surface area contributed by atoms with E-state index in [4.69, 9.17) is 5.26 Å². The summed E-state index contributed by atoms with van der Waals surface area (Å²) in [4.78, 5) is 14.9. The Morgan fingerprint density at radius 2 is 1.95 bits per heavy atom. The van der Waals surface area contributed by atoms with Gasteiger partial charge in [-0.1, -0.05) is 23.8 Å². The molecule has 0 atom stereocenters. The van der Waals surface area contributed by atoms with Gasteiger partial charge in [0.2, 0.25) is 0 Å². The lowest BCUT2D eigenvalue weighted by Crippen LogP contribution is -1.89. The van der Waals surface area contributed by atoms with E-state index in [-0.39, 0.29) is 0 Å². The van der Waals surface area contributed by atoms with E-state index in [0.717, 1.165) is 34.0 Å². The molecule has 0 fully saturated rings. The summed E-state index contributed by atoms with van der Waals surface area (Å²) in [5, 5.41) is 9.80. The molecule has 0 amide bonds. The van der Waals surface area contributed by atoms with E-state index < -0.39 is 0 Å². The van der Waals surface area contributed by atoms with Crippen molar-refractivity contribution in [2.75, 3.05) is 0 Å². The van der Waals surface area contributed by atoms with Crippen LogP contribution in [-0.4, -0.2) is 11.3 Å². The van der Waals surface area contributed by atoms with Crippen LogP contribution in [0.2, 0.25) is 0 Å². The number of nitriles is 1. The predicted molar refractivity (Wildman–Crippen MR) is 83.3 cm³/mol. The average molecular weight is 274 g/mol. The number of carbonyl (C=O) groups is 1. The van der Waals surface area contributed by atoms with E-state index in [0.29, 0.717) is 11.1 Å². The zero-order chi connectivity index (χ0) is 15.0. The SMILES string of the molecule is Cc1ccc(-c2[nH]c3ccc(C#N)cc3c2C=O)c(C)c1. The summed E-state index contributed by atoms with van der Waals surface area (Å²) in [6.45, 7) is 4.07. The fraction of sp³-hybridized carbons (Fsp3) is 0.111. The number of benzene rings is 2. The summed E-state index contributed by atoms with van der Waals surface area (Å²) in [5.74, 6) is 0. The van der Waals surface area contributed by atoms with Gasteiger partial charge in [-0.3, -0.25) is 4.79 Å². The average Bonchev–Trinajstić information content (AvgIpc) is 2.84. The molecule has 0 saturated carbocycles. The highest BCUT2D eigenvalue weighted by molar-refractivity contribution is 6.05. The maximum atomic E-state index is 11.6. The smallest absolute Gasteiger partial charge is 0.152 e. The minimum atomic E-state index is 0.553. The molecule has 0 aliphatic heterocycles. The maximum absolute atomic E-state index is 11.6. The first-order valence-electron chi connectivity index (χ1n) is 6.72. The fourth-order valence-corrected chi connectivity index (χ4v) is 2.71. The molecule has 1 aromatic heterocycles. The summed E-state index contributed by atoms with van der Waals surface area (Å²) in [6, 6.07) is 13.6. The first kappa shape index (κ1) is 13.1. The lowest BCUT2D eigenvalue weighted by molar-refractivity contribution is 0.112. The van der Waals surface area contributed by atoms with Gasteiger partial charge < -0.3 is 4.98 Å². The van der Waals surface area contributed by atoms with Crippen molar-refractivity contribution in [2.45, 2.75) is 13.8 Å². The van der Waals surface area contributed by atoms with Crippen LogP contribution in [0.4, 0.5) is 0 Å². The number of fused-ring (bicyclic) bond motifs is 1. The second kappa shape index (κ2) is 4.92. The van der Waals surface area contributed by atoms with Crippen LogP contribution in [0.3, 0.4) is 0 Å². The molecule has 3 rings (SSSR count). The number of aldehydes is 1. The molecule has 21 heavy (non-hydrogen) atoms. The van der Waals surface area contributed by atoms with Crippen LogP contribution < -0.4 is 0 Å². The Kier molecular flexibility index (Phi) is 3.08. The topological polar surface area (TPSA) is 56.6 Å². The highest BCUT2D eigenvalue weighted by atomic mass is 16.1. The van der Waals surface area contributed by atoms with Gasteiger partial charge in [0.25, 0.3) is 0 Å². The van der Waals surface area contributed by atoms with Crippen molar-refractivity contribution in [2.24, 2.45) is 0 Å². The Balaban J connectivity index is 2.32. The van der Waals surface area contributed by atoms with E-state index >= 15 is 0 Å². The minimum absolute atomic E-state index is 0.553. The van der Waals surface area contributed by atoms with Crippen molar-refractivity contribution in [3.8, 4) is 17.3 Å². The van der Waals surface area contributed by atoms with Crippen LogP contribution in [0.1, 0.15) is 27.0 Å².